The summed E-state index contributed by atoms with van der Waals surface area (Å²) in [5.74, 6) is 0.137. The second kappa shape index (κ2) is 16.0. The van der Waals surface area contributed by atoms with E-state index >= 15 is 0 Å². The van der Waals surface area contributed by atoms with Gasteiger partial charge in [-0.05, 0) is 105 Å². The Balaban J connectivity index is 1.13. The van der Waals surface area contributed by atoms with Gasteiger partial charge >= 0.3 is 11.9 Å². The van der Waals surface area contributed by atoms with Gasteiger partial charge in [-0.25, -0.2) is 0 Å². The van der Waals surface area contributed by atoms with Crippen molar-refractivity contribution in [3.63, 3.8) is 0 Å². The smallest absolute Gasteiger partial charge is 0.306 e. The molecule has 0 radical (unpaired) electrons. The van der Waals surface area contributed by atoms with Crippen molar-refractivity contribution < 1.29 is 28.7 Å². The summed E-state index contributed by atoms with van der Waals surface area (Å²) in [7, 11) is 0. The first kappa shape index (κ1) is 39.3. The maximum Gasteiger partial charge on any atom is 0.306 e. The molecule has 4 aliphatic rings. The van der Waals surface area contributed by atoms with Crippen molar-refractivity contribution in [3.8, 4) is 0 Å². The molecule has 0 heterocycles. The van der Waals surface area contributed by atoms with E-state index in [2.05, 4.69) is 50.1 Å². The van der Waals surface area contributed by atoms with Crippen molar-refractivity contribution in [3.05, 3.63) is 76.9 Å². The number of anilines is 1. The molecule has 0 spiro atoms. The monoisotopic (exact) mass is 757 g/mol. The zero-order chi connectivity index (χ0) is 37.1. The standard InChI is InChI=1S/C41H50Cl3NO6/c1-26-27(2)40(5)33-15-17-39(4)32(31(33)24-35(44)34(40)25-36(26)47)16-18-41(39,28(3)46)51-38(49)10-7-23-50-37(48)9-6-8-29-11-13-30(14-12-29)45(21-19-42)22-20-43/h11-14,24-25,31-33H,1-2,6-10,15-23H2,3-5H3/t31-,32-,33-,39-,40+,41-/m0/s1. The first-order valence-corrected chi connectivity index (χ1v) is 19.6. The van der Waals surface area contributed by atoms with Gasteiger partial charge in [-0.15, -0.1) is 23.2 Å². The van der Waals surface area contributed by atoms with Crippen LogP contribution in [0.5, 0.6) is 0 Å². The Labute approximate surface area is 317 Å². The SMILES string of the molecule is C=C1C(=C)[C@@]2(C)C(=CC1=O)C(Cl)=C[C@@H]1[C@@H]2CC[C@@]2(C)[C@H]1CC[C@]2(OC(=O)CCCOC(=O)CCCc1ccc(N(CCCl)CCCl)cc1)C(C)=O. The van der Waals surface area contributed by atoms with E-state index in [9.17, 15) is 19.2 Å². The molecule has 0 N–H and O–H groups in total. The predicted molar refractivity (Wildman–Crippen MR) is 203 cm³/mol. The highest BCUT2D eigenvalue weighted by atomic mass is 35.5. The van der Waals surface area contributed by atoms with E-state index in [0.29, 0.717) is 60.0 Å². The van der Waals surface area contributed by atoms with Gasteiger partial charge < -0.3 is 14.4 Å². The fourth-order valence-corrected chi connectivity index (χ4v) is 10.3. The zero-order valence-corrected chi connectivity index (χ0v) is 32.3. The fraction of sp³-hybridized carbons (Fsp3) is 0.561. The Kier molecular flexibility index (Phi) is 12.4. The molecule has 276 valence electrons. The number of alkyl halides is 2. The minimum absolute atomic E-state index is 0.0161. The summed E-state index contributed by atoms with van der Waals surface area (Å²) in [6, 6.07) is 8.20. The van der Waals surface area contributed by atoms with Gasteiger partial charge in [-0.2, -0.15) is 0 Å². The number of hydrogen-bond donors (Lipinski definition) is 0. The second-order valence-electron chi connectivity index (χ2n) is 14.9. The average molecular weight is 759 g/mol. The Morgan fingerprint density at radius 3 is 2.24 bits per heavy atom. The molecule has 0 amide bonds. The van der Waals surface area contributed by atoms with E-state index in [4.69, 9.17) is 44.3 Å². The van der Waals surface area contributed by atoms with Crippen LogP contribution >= 0.6 is 34.8 Å². The van der Waals surface area contributed by atoms with Gasteiger partial charge in [0.15, 0.2) is 17.2 Å². The summed E-state index contributed by atoms with van der Waals surface area (Å²) < 4.78 is 11.6. The van der Waals surface area contributed by atoms with Crippen LogP contribution in [0.1, 0.15) is 77.7 Å². The minimum Gasteiger partial charge on any atom is -0.466 e. The number of ether oxygens (including phenoxy) is 2. The predicted octanol–water partition coefficient (Wildman–Crippen LogP) is 8.69. The summed E-state index contributed by atoms with van der Waals surface area (Å²) in [4.78, 5) is 54.0. The van der Waals surface area contributed by atoms with Gasteiger partial charge in [0.2, 0.25) is 0 Å². The topological polar surface area (TPSA) is 90.0 Å². The van der Waals surface area contributed by atoms with E-state index in [-0.39, 0.29) is 54.7 Å². The number of halogens is 3. The average Bonchev–Trinajstić information content (AvgIpc) is 3.40. The molecule has 2 fully saturated rings. The van der Waals surface area contributed by atoms with Crippen molar-refractivity contribution >= 4 is 64.0 Å². The van der Waals surface area contributed by atoms with Crippen LogP contribution in [0.25, 0.3) is 0 Å². The number of aryl methyl sites for hydroxylation is 1. The van der Waals surface area contributed by atoms with Crippen LogP contribution in [0.2, 0.25) is 0 Å². The van der Waals surface area contributed by atoms with Crippen molar-refractivity contribution in [2.45, 2.75) is 84.2 Å². The molecule has 10 heteroatoms. The van der Waals surface area contributed by atoms with E-state index < -0.39 is 22.4 Å². The van der Waals surface area contributed by atoms with E-state index in [1.54, 1.807) is 6.08 Å². The molecule has 51 heavy (non-hydrogen) atoms. The molecule has 4 aliphatic carbocycles. The molecular weight excluding hydrogens is 709 g/mol. The van der Waals surface area contributed by atoms with Crippen molar-refractivity contribution in [2.75, 3.05) is 36.4 Å². The normalized spacial score (nSPS) is 29.7. The number of Topliss-reactive ketones (excluding diaryl/α,β-unsaturated/α-hetero) is 1. The number of fused-ring (bicyclic) bond motifs is 5. The number of esters is 2. The highest BCUT2D eigenvalue weighted by molar-refractivity contribution is 6.33. The number of rotatable bonds is 15. The van der Waals surface area contributed by atoms with Crippen LogP contribution in [0.4, 0.5) is 5.69 Å². The lowest BCUT2D eigenvalue weighted by Crippen LogP contribution is -2.58. The van der Waals surface area contributed by atoms with E-state index in [0.717, 1.165) is 42.8 Å². The third kappa shape index (κ3) is 7.37. The molecule has 0 aromatic heterocycles. The molecule has 2 saturated carbocycles. The van der Waals surface area contributed by atoms with Crippen molar-refractivity contribution in [1.82, 2.24) is 0 Å². The summed E-state index contributed by atoms with van der Waals surface area (Å²) >= 11 is 18.7. The van der Waals surface area contributed by atoms with Crippen LogP contribution in [0.3, 0.4) is 0 Å². The number of carbonyl (C=O) groups excluding carboxylic acids is 4. The first-order chi connectivity index (χ1) is 24.2. The Morgan fingerprint density at radius 2 is 1.59 bits per heavy atom. The molecule has 1 aromatic rings. The molecule has 6 atom stereocenters. The summed E-state index contributed by atoms with van der Waals surface area (Å²) in [5, 5.41) is 0.541. The maximum atomic E-state index is 13.5. The van der Waals surface area contributed by atoms with Crippen LogP contribution < -0.4 is 4.90 Å². The fourth-order valence-electron chi connectivity index (χ4n) is 9.52. The molecule has 5 rings (SSSR count). The largest absolute Gasteiger partial charge is 0.466 e. The van der Waals surface area contributed by atoms with E-state index in [1.165, 1.54) is 6.92 Å². The van der Waals surface area contributed by atoms with Gasteiger partial charge in [-0.3, -0.25) is 19.2 Å². The van der Waals surface area contributed by atoms with Gasteiger partial charge in [0.05, 0.1) is 6.61 Å². The van der Waals surface area contributed by atoms with Crippen LogP contribution in [-0.4, -0.2) is 60.6 Å². The minimum atomic E-state index is -1.25. The highest BCUT2D eigenvalue weighted by Gasteiger charge is 2.68. The van der Waals surface area contributed by atoms with Crippen molar-refractivity contribution in [2.24, 2.45) is 28.6 Å². The Morgan fingerprint density at radius 1 is 0.941 bits per heavy atom. The van der Waals surface area contributed by atoms with Crippen LogP contribution in [0, 0.1) is 28.6 Å². The molecule has 1 aromatic carbocycles. The lowest BCUT2D eigenvalue weighted by Gasteiger charge is -2.58. The lowest BCUT2D eigenvalue weighted by molar-refractivity contribution is -0.187. The van der Waals surface area contributed by atoms with Gasteiger partial charge in [0, 0.05) is 64.8 Å². The van der Waals surface area contributed by atoms with Gasteiger partial charge in [0.1, 0.15) is 0 Å². The summed E-state index contributed by atoms with van der Waals surface area (Å²) in [5.41, 5.74) is 1.72. The van der Waals surface area contributed by atoms with E-state index in [1.807, 2.05) is 12.1 Å². The maximum absolute atomic E-state index is 13.5. The summed E-state index contributed by atoms with van der Waals surface area (Å²) in [6.45, 7) is 15.6. The Hall–Kier alpha value is -2.87. The third-order valence-electron chi connectivity index (χ3n) is 12.4. The lowest BCUT2D eigenvalue weighted by atomic mass is 9.47. The zero-order valence-electron chi connectivity index (χ0n) is 30.0. The van der Waals surface area contributed by atoms with Crippen molar-refractivity contribution in [1.29, 1.82) is 0 Å². The summed E-state index contributed by atoms with van der Waals surface area (Å²) in [6.07, 6.45) is 8.24. The number of ketones is 2. The number of nitrogens with zero attached hydrogens (tertiary/aromatic N) is 1. The molecule has 0 saturated heterocycles. The Bertz CT molecular complexity index is 1630. The van der Waals surface area contributed by atoms with Crippen LogP contribution in [-0.2, 0) is 35.1 Å². The number of hydrogen-bond acceptors (Lipinski definition) is 7. The molecule has 0 bridgehead atoms. The highest BCUT2D eigenvalue weighted by Crippen LogP contribution is 2.69. The third-order valence-corrected chi connectivity index (χ3v) is 13.1. The number of carbonyl (C=O) groups is 4. The molecule has 7 nitrogen and oxygen atoms in total. The molecule has 0 unspecified atom stereocenters. The molecule has 0 aliphatic heterocycles. The second-order valence-corrected chi connectivity index (χ2v) is 16.1. The number of allylic oxidation sites excluding steroid dienone is 6. The quantitative estimate of drug-likeness (QED) is 0.0766. The molecular formula is C41H50Cl3NO6. The first-order valence-electron chi connectivity index (χ1n) is 18.1. The van der Waals surface area contributed by atoms with Crippen LogP contribution in [0.15, 0.2) is 71.3 Å². The van der Waals surface area contributed by atoms with Gasteiger partial charge in [0.25, 0.3) is 0 Å². The number of benzene rings is 1. The van der Waals surface area contributed by atoms with Gasteiger partial charge in [-0.1, -0.05) is 56.8 Å².